The zero-order valence-electron chi connectivity index (χ0n) is 9.64. The average molecular weight is 391 g/mol. The summed E-state index contributed by atoms with van der Waals surface area (Å²) >= 11 is 1.56. The summed E-state index contributed by atoms with van der Waals surface area (Å²) in [7, 11) is 0. The molecule has 1 heterocycles. The number of carbonyl (C=O) groups is 1. The topological polar surface area (TPSA) is 68.4 Å². The maximum atomic E-state index is 12.0. The SMILES string of the molecule is CCOC(=O)Cc1cc(I)c(OC(F)(F)F)[nH]c1=O. The monoisotopic (exact) mass is 391 g/mol. The zero-order chi connectivity index (χ0) is 14.6. The minimum absolute atomic E-state index is 0.0115. The Morgan fingerprint density at radius 1 is 1.47 bits per heavy atom. The second kappa shape index (κ2) is 6.26. The van der Waals surface area contributed by atoms with Gasteiger partial charge in [-0.25, -0.2) is 0 Å². The molecule has 1 rings (SSSR count). The highest BCUT2D eigenvalue weighted by molar-refractivity contribution is 14.1. The smallest absolute Gasteiger partial charge is 0.466 e. The molecule has 0 aliphatic carbocycles. The standard InChI is InChI=1S/C10H9F3INO4/c1-2-18-7(16)4-5-3-6(14)9(15-8(5)17)19-10(11,12)13/h3H,2,4H2,1H3,(H,15,17). The van der Waals surface area contributed by atoms with Gasteiger partial charge in [-0.1, -0.05) is 0 Å². The Morgan fingerprint density at radius 3 is 2.63 bits per heavy atom. The fourth-order valence-corrected chi connectivity index (χ4v) is 1.84. The second-order valence-corrected chi connectivity index (χ2v) is 4.49. The summed E-state index contributed by atoms with van der Waals surface area (Å²) in [4.78, 5) is 24.6. The first kappa shape index (κ1) is 15.8. The first-order valence-corrected chi connectivity index (χ1v) is 6.14. The summed E-state index contributed by atoms with van der Waals surface area (Å²) < 4.78 is 44.5. The van der Waals surface area contributed by atoms with Crippen LogP contribution in [-0.2, 0) is 16.0 Å². The summed E-state index contributed by atoms with van der Waals surface area (Å²) in [5, 5.41) is 0. The summed E-state index contributed by atoms with van der Waals surface area (Å²) in [6.07, 6.45) is -5.21. The molecule has 0 radical (unpaired) electrons. The van der Waals surface area contributed by atoms with Crippen molar-refractivity contribution in [1.82, 2.24) is 4.98 Å². The van der Waals surface area contributed by atoms with Gasteiger partial charge in [0.25, 0.3) is 5.56 Å². The zero-order valence-corrected chi connectivity index (χ0v) is 11.8. The lowest BCUT2D eigenvalue weighted by atomic mass is 10.2. The predicted octanol–water partition coefficient (Wildman–Crippen LogP) is 1.98. The summed E-state index contributed by atoms with van der Waals surface area (Å²) in [5.74, 6) is -1.33. The molecular formula is C10H9F3INO4. The van der Waals surface area contributed by atoms with Gasteiger partial charge in [0.1, 0.15) is 0 Å². The van der Waals surface area contributed by atoms with Crippen LogP contribution >= 0.6 is 22.6 Å². The number of nitrogens with one attached hydrogen (secondary N) is 1. The normalized spacial score (nSPS) is 11.2. The number of H-pyrrole nitrogens is 1. The van der Waals surface area contributed by atoms with Gasteiger partial charge >= 0.3 is 12.3 Å². The average Bonchev–Trinajstić information content (AvgIpc) is 2.23. The third kappa shape index (κ3) is 5.09. The van der Waals surface area contributed by atoms with Crippen LogP contribution in [-0.4, -0.2) is 23.9 Å². The molecule has 0 aliphatic rings. The Hall–Kier alpha value is -1.26. The Morgan fingerprint density at radius 2 is 2.11 bits per heavy atom. The Kier molecular flexibility index (Phi) is 5.20. The van der Waals surface area contributed by atoms with E-state index in [9.17, 15) is 22.8 Å². The van der Waals surface area contributed by atoms with Crippen LogP contribution in [0.4, 0.5) is 13.2 Å². The van der Waals surface area contributed by atoms with Gasteiger partial charge in [0, 0.05) is 5.56 Å². The molecule has 0 amide bonds. The number of esters is 1. The minimum Gasteiger partial charge on any atom is -0.466 e. The highest BCUT2D eigenvalue weighted by atomic mass is 127. The van der Waals surface area contributed by atoms with Crippen molar-refractivity contribution >= 4 is 28.6 Å². The fraction of sp³-hybridized carbons (Fsp3) is 0.400. The van der Waals surface area contributed by atoms with Crippen molar-refractivity contribution in [3.8, 4) is 5.88 Å². The van der Waals surface area contributed by atoms with Crippen molar-refractivity contribution in [3.63, 3.8) is 0 Å². The molecule has 5 nitrogen and oxygen atoms in total. The molecular weight excluding hydrogens is 382 g/mol. The Balaban J connectivity index is 2.97. The van der Waals surface area contributed by atoms with Crippen LogP contribution in [0, 0.1) is 3.57 Å². The molecule has 0 unspecified atom stereocenters. The van der Waals surface area contributed by atoms with E-state index in [2.05, 4.69) is 9.47 Å². The number of ether oxygens (including phenoxy) is 2. The van der Waals surface area contributed by atoms with E-state index in [4.69, 9.17) is 0 Å². The maximum Gasteiger partial charge on any atom is 0.574 e. The number of pyridine rings is 1. The number of aromatic nitrogens is 1. The van der Waals surface area contributed by atoms with E-state index in [1.165, 1.54) is 0 Å². The van der Waals surface area contributed by atoms with Crippen LogP contribution in [0.2, 0.25) is 0 Å². The third-order valence-electron chi connectivity index (χ3n) is 1.89. The lowest BCUT2D eigenvalue weighted by molar-refractivity contribution is -0.276. The van der Waals surface area contributed by atoms with Crippen LogP contribution in [0.15, 0.2) is 10.9 Å². The van der Waals surface area contributed by atoms with Crippen LogP contribution in [0.1, 0.15) is 12.5 Å². The molecule has 1 aromatic heterocycles. The Labute approximate surface area is 119 Å². The molecule has 0 aliphatic heterocycles. The molecule has 19 heavy (non-hydrogen) atoms. The number of carbonyl (C=O) groups excluding carboxylic acids is 1. The lowest BCUT2D eigenvalue weighted by Crippen LogP contribution is -2.23. The van der Waals surface area contributed by atoms with Gasteiger partial charge < -0.3 is 9.47 Å². The van der Waals surface area contributed by atoms with Crippen LogP contribution in [0.5, 0.6) is 5.88 Å². The van der Waals surface area contributed by atoms with Crippen molar-refractivity contribution in [1.29, 1.82) is 0 Å². The number of aromatic amines is 1. The van der Waals surface area contributed by atoms with E-state index in [0.29, 0.717) is 0 Å². The molecule has 9 heteroatoms. The van der Waals surface area contributed by atoms with Crippen LogP contribution < -0.4 is 10.3 Å². The quantitative estimate of drug-likeness (QED) is 0.630. The molecule has 0 bridgehead atoms. The first-order chi connectivity index (χ1) is 8.73. The predicted molar refractivity (Wildman–Crippen MR) is 66.8 cm³/mol. The van der Waals surface area contributed by atoms with Crippen molar-refractivity contribution in [2.24, 2.45) is 0 Å². The van der Waals surface area contributed by atoms with E-state index in [1.807, 2.05) is 4.98 Å². The first-order valence-electron chi connectivity index (χ1n) is 5.06. The van der Waals surface area contributed by atoms with E-state index in [-0.39, 0.29) is 22.2 Å². The molecule has 0 aromatic carbocycles. The molecule has 0 saturated carbocycles. The molecule has 1 aromatic rings. The highest BCUT2D eigenvalue weighted by Crippen LogP contribution is 2.24. The minimum atomic E-state index is -4.90. The van der Waals surface area contributed by atoms with Crippen molar-refractivity contribution in [2.45, 2.75) is 19.7 Å². The van der Waals surface area contributed by atoms with Crippen LogP contribution in [0.25, 0.3) is 0 Å². The molecule has 1 N–H and O–H groups in total. The molecule has 106 valence electrons. The molecule has 0 atom stereocenters. The maximum absolute atomic E-state index is 12.0. The van der Waals surface area contributed by atoms with Gasteiger partial charge in [0.05, 0.1) is 16.6 Å². The summed E-state index contributed by atoms with van der Waals surface area (Å²) in [6, 6.07) is 1.15. The van der Waals surface area contributed by atoms with E-state index < -0.39 is 23.8 Å². The summed E-state index contributed by atoms with van der Waals surface area (Å²) in [5.41, 5.74) is -0.815. The van der Waals surface area contributed by atoms with Crippen LogP contribution in [0.3, 0.4) is 0 Å². The van der Waals surface area contributed by atoms with Crippen molar-refractivity contribution < 1.29 is 27.4 Å². The van der Waals surface area contributed by atoms with Crippen molar-refractivity contribution in [3.05, 3.63) is 25.6 Å². The number of hydrogen-bond acceptors (Lipinski definition) is 4. The van der Waals surface area contributed by atoms with Gasteiger partial charge in [-0.15, -0.1) is 13.2 Å². The van der Waals surface area contributed by atoms with Gasteiger partial charge in [-0.3, -0.25) is 14.6 Å². The number of halogens is 4. The lowest BCUT2D eigenvalue weighted by Gasteiger charge is -2.10. The summed E-state index contributed by atoms with van der Waals surface area (Å²) in [6.45, 7) is 1.76. The van der Waals surface area contributed by atoms with E-state index >= 15 is 0 Å². The van der Waals surface area contributed by atoms with Gasteiger partial charge in [-0.2, -0.15) is 0 Å². The number of alkyl halides is 3. The van der Waals surface area contributed by atoms with Crippen molar-refractivity contribution in [2.75, 3.05) is 6.61 Å². The highest BCUT2D eigenvalue weighted by Gasteiger charge is 2.32. The number of hydrogen-bond donors (Lipinski definition) is 1. The Bertz CT molecular complexity index is 526. The molecule has 0 fully saturated rings. The van der Waals surface area contributed by atoms with Gasteiger partial charge in [-0.05, 0) is 35.6 Å². The molecule has 0 spiro atoms. The fourth-order valence-electron chi connectivity index (χ4n) is 1.22. The van der Waals surface area contributed by atoms with E-state index in [0.717, 1.165) is 6.07 Å². The van der Waals surface area contributed by atoms with Gasteiger partial charge in [0.15, 0.2) is 0 Å². The number of rotatable bonds is 4. The third-order valence-corrected chi connectivity index (χ3v) is 2.70. The largest absolute Gasteiger partial charge is 0.574 e. The van der Waals surface area contributed by atoms with E-state index in [1.54, 1.807) is 29.5 Å². The second-order valence-electron chi connectivity index (χ2n) is 3.33. The molecule has 0 saturated heterocycles. The van der Waals surface area contributed by atoms with Gasteiger partial charge in [0.2, 0.25) is 5.88 Å².